The fraction of sp³-hybridized carbons (Fsp3) is 0.250. The predicted molar refractivity (Wildman–Crippen MR) is 92.5 cm³/mol. The second-order valence-corrected chi connectivity index (χ2v) is 7.09. The predicted octanol–water partition coefficient (Wildman–Crippen LogP) is 4.80. The third-order valence-corrected chi connectivity index (χ3v) is 4.71. The Morgan fingerprint density at radius 1 is 0.750 bits per heavy atom. The van der Waals surface area contributed by atoms with Gasteiger partial charge in [-0.25, -0.2) is 0 Å². The van der Waals surface area contributed by atoms with E-state index in [1.165, 1.54) is 22.5 Å². The summed E-state index contributed by atoms with van der Waals surface area (Å²) in [5.41, 5.74) is 5.28. The van der Waals surface area contributed by atoms with Gasteiger partial charge in [0.15, 0.2) is 0 Å². The second kappa shape index (κ2) is 5.41. The summed E-state index contributed by atoms with van der Waals surface area (Å²) in [4.78, 5) is 4.64. The molecule has 0 bridgehead atoms. The summed E-state index contributed by atoms with van der Waals surface area (Å²) in [6.45, 7) is 1.82. The summed E-state index contributed by atoms with van der Waals surface area (Å²) in [5.74, 6) is 0. The quantitative estimate of drug-likeness (QED) is 0.632. The van der Waals surface area contributed by atoms with Crippen LogP contribution in [-0.2, 0) is 13.1 Å². The van der Waals surface area contributed by atoms with E-state index in [9.17, 15) is 0 Å². The number of halogens is 2. The molecule has 0 aliphatic carbocycles. The van der Waals surface area contributed by atoms with E-state index >= 15 is 0 Å². The van der Waals surface area contributed by atoms with Crippen LogP contribution >= 0.6 is 31.9 Å². The van der Waals surface area contributed by atoms with Crippen molar-refractivity contribution in [2.75, 3.05) is 23.9 Å². The molecule has 0 saturated heterocycles. The Bertz CT molecular complexity index is 597. The fourth-order valence-electron chi connectivity index (χ4n) is 2.79. The first kappa shape index (κ1) is 14.0. The smallest absolute Gasteiger partial charge is 0.0447 e. The molecule has 2 nitrogen and oxygen atoms in total. The molecule has 104 valence electrons. The fourth-order valence-corrected chi connectivity index (χ4v) is 3.60. The van der Waals surface area contributed by atoms with Crippen molar-refractivity contribution >= 4 is 43.2 Å². The standard InChI is InChI=1S/C16H16Br2N2/c1-19-9-11-7-14(18)4-6-16(11)20(2)10-12-8-13(17)3-5-15(12)19/h3-8H,9-10H2,1-2H3. The van der Waals surface area contributed by atoms with Gasteiger partial charge in [0.1, 0.15) is 0 Å². The molecule has 2 aromatic rings. The summed E-state index contributed by atoms with van der Waals surface area (Å²) in [5, 5.41) is 0. The minimum absolute atomic E-state index is 0.910. The number of anilines is 2. The van der Waals surface area contributed by atoms with E-state index in [0.717, 1.165) is 22.0 Å². The van der Waals surface area contributed by atoms with Crippen LogP contribution in [0, 0.1) is 0 Å². The highest BCUT2D eigenvalue weighted by atomic mass is 79.9. The maximum absolute atomic E-state index is 3.57. The molecule has 0 amide bonds. The number of rotatable bonds is 0. The Morgan fingerprint density at radius 3 is 1.55 bits per heavy atom. The lowest BCUT2D eigenvalue weighted by Gasteiger charge is -2.32. The van der Waals surface area contributed by atoms with Gasteiger partial charge < -0.3 is 9.80 Å². The van der Waals surface area contributed by atoms with Crippen LogP contribution in [0.4, 0.5) is 11.4 Å². The zero-order valence-corrected chi connectivity index (χ0v) is 14.7. The van der Waals surface area contributed by atoms with Gasteiger partial charge in [-0.3, -0.25) is 0 Å². The van der Waals surface area contributed by atoms with Crippen molar-refractivity contribution in [3.05, 3.63) is 56.5 Å². The first-order valence-corrected chi connectivity index (χ1v) is 8.12. The molecular formula is C16H16Br2N2. The van der Waals surface area contributed by atoms with Crippen molar-refractivity contribution in [1.82, 2.24) is 0 Å². The van der Waals surface area contributed by atoms with Crippen LogP contribution in [0.15, 0.2) is 45.3 Å². The largest absolute Gasteiger partial charge is 0.370 e. The van der Waals surface area contributed by atoms with Crippen LogP contribution in [-0.4, -0.2) is 14.1 Å². The molecule has 0 spiro atoms. The van der Waals surface area contributed by atoms with Crippen LogP contribution < -0.4 is 9.80 Å². The monoisotopic (exact) mass is 394 g/mol. The molecule has 0 radical (unpaired) electrons. The van der Waals surface area contributed by atoms with E-state index in [4.69, 9.17) is 0 Å². The molecule has 1 aliphatic rings. The van der Waals surface area contributed by atoms with E-state index in [1.54, 1.807) is 0 Å². The highest BCUT2D eigenvalue weighted by Crippen LogP contribution is 2.33. The van der Waals surface area contributed by atoms with Crippen LogP contribution in [0.2, 0.25) is 0 Å². The van der Waals surface area contributed by atoms with Gasteiger partial charge in [0.05, 0.1) is 0 Å². The van der Waals surface area contributed by atoms with Crippen molar-refractivity contribution in [1.29, 1.82) is 0 Å². The van der Waals surface area contributed by atoms with Gasteiger partial charge >= 0.3 is 0 Å². The zero-order valence-electron chi connectivity index (χ0n) is 11.5. The van der Waals surface area contributed by atoms with Crippen molar-refractivity contribution in [2.45, 2.75) is 13.1 Å². The highest BCUT2D eigenvalue weighted by molar-refractivity contribution is 9.10. The van der Waals surface area contributed by atoms with Gasteiger partial charge in [-0.2, -0.15) is 0 Å². The SMILES string of the molecule is CN1Cc2cc(Br)ccc2N(C)Cc2cc(Br)ccc21. The van der Waals surface area contributed by atoms with Gasteiger partial charge in [0.25, 0.3) is 0 Å². The Labute approximate surface area is 136 Å². The molecule has 4 heteroatoms. The van der Waals surface area contributed by atoms with E-state index in [-0.39, 0.29) is 0 Å². The normalized spacial score (nSPS) is 14.4. The summed E-state index contributed by atoms with van der Waals surface area (Å²) in [6.07, 6.45) is 0. The molecule has 3 rings (SSSR count). The lowest BCUT2D eigenvalue weighted by atomic mass is 10.1. The van der Waals surface area contributed by atoms with E-state index in [1.807, 2.05) is 0 Å². The van der Waals surface area contributed by atoms with Crippen LogP contribution in [0.3, 0.4) is 0 Å². The highest BCUT2D eigenvalue weighted by Gasteiger charge is 2.18. The van der Waals surface area contributed by atoms with Gasteiger partial charge in [-0.05, 0) is 47.5 Å². The average molecular weight is 396 g/mol. The minimum atomic E-state index is 0.910. The lowest BCUT2D eigenvalue weighted by molar-refractivity contribution is 0.836. The minimum Gasteiger partial charge on any atom is -0.370 e. The third-order valence-electron chi connectivity index (χ3n) is 3.72. The average Bonchev–Trinajstić information content (AvgIpc) is 2.37. The molecule has 0 unspecified atom stereocenters. The summed E-state index contributed by atoms with van der Waals surface area (Å²) in [6, 6.07) is 13.0. The summed E-state index contributed by atoms with van der Waals surface area (Å²) in [7, 11) is 4.31. The van der Waals surface area contributed by atoms with Crippen LogP contribution in [0.25, 0.3) is 0 Å². The molecule has 0 aromatic heterocycles. The van der Waals surface area contributed by atoms with Crippen molar-refractivity contribution < 1.29 is 0 Å². The number of hydrogen-bond donors (Lipinski definition) is 0. The maximum Gasteiger partial charge on any atom is 0.0447 e. The van der Waals surface area contributed by atoms with E-state index in [2.05, 4.69) is 92.2 Å². The molecular weight excluding hydrogens is 380 g/mol. The number of hydrogen-bond acceptors (Lipinski definition) is 2. The molecule has 0 saturated carbocycles. The molecule has 20 heavy (non-hydrogen) atoms. The second-order valence-electron chi connectivity index (χ2n) is 5.26. The van der Waals surface area contributed by atoms with Gasteiger partial charge in [-0.1, -0.05) is 31.9 Å². The number of nitrogens with zero attached hydrogens (tertiary/aromatic N) is 2. The number of fused-ring (bicyclic) bond motifs is 2. The molecule has 0 fully saturated rings. The third kappa shape index (κ3) is 2.59. The van der Waals surface area contributed by atoms with Crippen molar-refractivity contribution in [3.8, 4) is 0 Å². The van der Waals surface area contributed by atoms with Crippen molar-refractivity contribution in [2.24, 2.45) is 0 Å². The lowest BCUT2D eigenvalue weighted by Crippen LogP contribution is -2.27. The first-order valence-electron chi connectivity index (χ1n) is 6.54. The molecule has 1 heterocycles. The molecule has 0 N–H and O–H groups in total. The molecule has 0 atom stereocenters. The topological polar surface area (TPSA) is 6.48 Å². The Balaban J connectivity index is 2.10. The van der Waals surface area contributed by atoms with Gasteiger partial charge in [0, 0.05) is 47.5 Å². The van der Waals surface area contributed by atoms with E-state index in [0.29, 0.717) is 0 Å². The summed E-state index contributed by atoms with van der Waals surface area (Å²) < 4.78 is 2.27. The zero-order chi connectivity index (χ0) is 14.3. The molecule has 2 aromatic carbocycles. The van der Waals surface area contributed by atoms with Crippen LogP contribution in [0.5, 0.6) is 0 Å². The Morgan fingerprint density at radius 2 is 1.15 bits per heavy atom. The van der Waals surface area contributed by atoms with Gasteiger partial charge in [-0.15, -0.1) is 0 Å². The maximum atomic E-state index is 3.57. The molecule has 1 aliphatic heterocycles. The van der Waals surface area contributed by atoms with Crippen LogP contribution in [0.1, 0.15) is 11.1 Å². The van der Waals surface area contributed by atoms with Gasteiger partial charge in [0.2, 0.25) is 0 Å². The number of benzene rings is 2. The van der Waals surface area contributed by atoms with E-state index < -0.39 is 0 Å². The Kier molecular flexibility index (Phi) is 3.78. The first-order chi connectivity index (χ1) is 9.54. The van der Waals surface area contributed by atoms with Crippen molar-refractivity contribution in [3.63, 3.8) is 0 Å². The summed E-state index contributed by atoms with van der Waals surface area (Å²) >= 11 is 7.15. The Hall–Kier alpha value is -1.00.